The lowest BCUT2D eigenvalue weighted by Gasteiger charge is -2.28. The second-order valence-electron chi connectivity index (χ2n) is 8.94. The highest BCUT2D eigenvalue weighted by atomic mass is 19.2. The zero-order chi connectivity index (χ0) is 24.9. The fourth-order valence-electron chi connectivity index (χ4n) is 4.77. The van der Waals surface area contributed by atoms with E-state index >= 15 is 0 Å². The molecule has 0 aromatic heterocycles. The zero-order valence-corrected chi connectivity index (χ0v) is 20.0. The Morgan fingerprint density at radius 1 is 0.857 bits per heavy atom. The number of hydrogen-bond donors (Lipinski definition) is 0. The van der Waals surface area contributed by atoms with Crippen LogP contribution < -0.4 is 9.47 Å². The van der Waals surface area contributed by atoms with Crippen molar-refractivity contribution in [3.8, 4) is 22.6 Å². The number of ether oxygens (including phenoxy) is 2. The quantitative estimate of drug-likeness (QED) is 0.252. The summed E-state index contributed by atoms with van der Waals surface area (Å²) in [7, 11) is 0. The maximum atomic E-state index is 14.9. The van der Waals surface area contributed by atoms with Gasteiger partial charge in [0.1, 0.15) is 17.3 Å². The monoisotopic (exact) mass is 482 g/mol. The van der Waals surface area contributed by atoms with Gasteiger partial charge < -0.3 is 9.47 Å². The molecule has 4 rings (SSSR count). The molecule has 0 bridgehead atoms. The Labute approximate surface area is 203 Å². The van der Waals surface area contributed by atoms with Gasteiger partial charge in [0.05, 0.1) is 12.2 Å². The van der Waals surface area contributed by atoms with E-state index in [0.717, 1.165) is 32.1 Å². The molecule has 35 heavy (non-hydrogen) atoms. The molecule has 1 fully saturated rings. The molecule has 0 unspecified atom stereocenters. The third-order valence-electron chi connectivity index (χ3n) is 6.82. The van der Waals surface area contributed by atoms with Crippen LogP contribution >= 0.6 is 0 Å². The molecule has 0 amide bonds. The van der Waals surface area contributed by atoms with Gasteiger partial charge >= 0.3 is 5.97 Å². The lowest BCUT2D eigenvalue weighted by atomic mass is 9.77. The molecular formula is C29H29F3O3. The molecule has 0 heterocycles. The van der Waals surface area contributed by atoms with Crippen molar-refractivity contribution in [1.82, 2.24) is 0 Å². The summed E-state index contributed by atoms with van der Waals surface area (Å²) < 4.78 is 54.7. The highest BCUT2D eigenvalue weighted by Crippen LogP contribution is 2.38. The topological polar surface area (TPSA) is 35.5 Å². The van der Waals surface area contributed by atoms with Crippen molar-refractivity contribution in [2.45, 2.75) is 51.9 Å². The summed E-state index contributed by atoms with van der Waals surface area (Å²) in [6.07, 6.45) is 4.75. The molecule has 6 heteroatoms. The van der Waals surface area contributed by atoms with Gasteiger partial charge in [0.25, 0.3) is 0 Å². The summed E-state index contributed by atoms with van der Waals surface area (Å²) in [5.74, 6) is -2.39. The van der Waals surface area contributed by atoms with Gasteiger partial charge in [0.2, 0.25) is 0 Å². The molecule has 0 spiro atoms. The number of benzene rings is 3. The number of hydrogen-bond acceptors (Lipinski definition) is 3. The van der Waals surface area contributed by atoms with E-state index in [9.17, 15) is 18.0 Å². The average molecular weight is 483 g/mol. The Kier molecular flexibility index (Phi) is 7.79. The largest absolute Gasteiger partial charge is 0.494 e. The fourth-order valence-corrected chi connectivity index (χ4v) is 4.77. The molecule has 0 saturated heterocycles. The minimum Gasteiger partial charge on any atom is -0.494 e. The average Bonchev–Trinajstić information content (AvgIpc) is 2.87. The summed E-state index contributed by atoms with van der Waals surface area (Å²) in [5.41, 5.74) is 0.818. The zero-order valence-electron chi connectivity index (χ0n) is 20.0. The Balaban J connectivity index is 1.46. The van der Waals surface area contributed by atoms with E-state index in [1.807, 2.05) is 6.92 Å². The Bertz CT molecular complexity index is 1180. The molecule has 0 atom stereocenters. The van der Waals surface area contributed by atoms with Crippen LogP contribution in [0.1, 0.15) is 67.8 Å². The summed E-state index contributed by atoms with van der Waals surface area (Å²) in [6.45, 7) is 4.41. The van der Waals surface area contributed by atoms with Crippen LogP contribution in [-0.2, 0) is 0 Å². The first kappa shape index (κ1) is 24.8. The van der Waals surface area contributed by atoms with Crippen LogP contribution in [0.15, 0.2) is 54.6 Å². The summed E-state index contributed by atoms with van der Waals surface area (Å²) >= 11 is 0. The van der Waals surface area contributed by atoms with Crippen LogP contribution in [0.25, 0.3) is 11.1 Å². The molecule has 3 aromatic carbocycles. The summed E-state index contributed by atoms with van der Waals surface area (Å²) in [6, 6.07) is 13.5. The van der Waals surface area contributed by atoms with Crippen molar-refractivity contribution in [2.24, 2.45) is 5.92 Å². The number of rotatable bonds is 7. The molecule has 3 aromatic rings. The lowest BCUT2D eigenvalue weighted by molar-refractivity contribution is 0.0728. The van der Waals surface area contributed by atoms with E-state index in [1.165, 1.54) is 30.3 Å². The minimum absolute atomic E-state index is 0.0343. The first-order chi connectivity index (χ1) is 16.9. The normalized spacial score (nSPS) is 17.7. The van der Waals surface area contributed by atoms with Crippen molar-refractivity contribution in [3.63, 3.8) is 0 Å². The van der Waals surface area contributed by atoms with Crippen LogP contribution in [0.2, 0.25) is 0 Å². The minimum atomic E-state index is -1.18. The SMILES string of the molecule is CCOc1ccc(-c2ccc(OC(=O)c3ccc(C4CCC(CC)CC4)c(F)c3F)cc2)c(F)c1. The van der Waals surface area contributed by atoms with Crippen LogP contribution in [0.3, 0.4) is 0 Å². The van der Waals surface area contributed by atoms with E-state index in [4.69, 9.17) is 9.47 Å². The van der Waals surface area contributed by atoms with Crippen LogP contribution in [-0.4, -0.2) is 12.6 Å². The van der Waals surface area contributed by atoms with E-state index in [1.54, 1.807) is 24.3 Å². The number of carbonyl (C=O) groups excluding carboxylic acids is 1. The molecule has 0 radical (unpaired) electrons. The lowest BCUT2D eigenvalue weighted by Crippen LogP contribution is -2.16. The van der Waals surface area contributed by atoms with Crippen LogP contribution in [0, 0.1) is 23.4 Å². The van der Waals surface area contributed by atoms with Gasteiger partial charge in [-0.3, -0.25) is 0 Å². The third-order valence-corrected chi connectivity index (χ3v) is 6.82. The van der Waals surface area contributed by atoms with Gasteiger partial charge in [0.15, 0.2) is 11.6 Å². The molecule has 0 aliphatic heterocycles. The second kappa shape index (κ2) is 11.0. The van der Waals surface area contributed by atoms with Crippen molar-refractivity contribution in [3.05, 3.63) is 83.2 Å². The van der Waals surface area contributed by atoms with Crippen LogP contribution in [0.4, 0.5) is 13.2 Å². The molecule has 184 valence electrons. The van der Waals surface area contributed by atoms with Crippen LogP contribution in [0.5, 0.6) is 11.5 Å². The van der Waals surface area contributed by atoms with Gasteiger partial charge in [-0.2, -0.15) is 0 Å². The van der Waals surface area contributed by atoms with E-state index < -0.39 is 29.0 Å². The molecule has 3 nitrogen and oxygen atoms in total. The standard InChI is InChI=1S/C29H29F3O3/c1-3-18-5-7-20(8-6-18)24-15-16-25(28(32)27(24)31)29(33)35-21-11-9-19(10-12-21)23-14-13-22(34-4-2)17-26(23)30/h9-18,20H,3-8H2,1-2H3. The number of carbonyl (C=O) groups is 1. The maximum absolute atomic E-state index is 14.9. The summed E-state index contributed by atoms with van der Waals surface area (Å²) in [5, 5.41) is 0. The van der Waals surface area contributed by atoms with Crippen molar-refractivity contribution >= 4 is 5.97 Å². The highest BCUT2D eigenvalue weighted by Gasteiger charge is 2.27. The van der Waals surface area contributed by atoms with E-state index in [0.29, 0.717) is 35.0 Å². The number of halogens is 3. The molecule has 1 aliphatic rings. The van der Waals surface area contributed by atoms with Gasteiger partial charge in [-0.25, -0.2) is 18.0 Å². The Hall–Kier alpha value is -3.28. The first-order valence-electron chi connectivity index (χ1n) is 12.1. The van der Waals surface area contributed by atoms with Gasteiger partial charge in [-0.05, 0) is 85.9 Å². The van der Waals surface area contributed by atoms with Crippen molar-refractivity contribution in [2.75, 3.05) is 6.61 Å². The van der Waals surface area contributed by atoms with Gasteiger partial charge in [0, 0.05) is 11.6 Å². The van der Waals surface area contributed by atoms with Gasteiger partial charge in [-0.1, -0.05) is 31.5 Å². The predicted molar refractivity (Wildman–Crippen MR) is 129 cm³/mol. The molecule has 1 saturated carbocycles. The Morgan fingerprint density at radius 3 is 2.17 bits per heavy atom. The first-order valence-corrected chi connectivity index (χ1v) is 12.1. The third kappa shape index (κ3) is 5.53. The van der Waals surface area contributed by atoms with E-state index in [2.05, 4.69) is 6.92 Å². The summed E-state index contributed by atoms with van der Waals surface area (Å²) in [4.78, 5) is 12.6. The van der Waals surface area contributed by atoms with E-state index in [-0.39, 0.29) is 11.7 Å². The number of esters is 1. The van der Waals surface area contributed by atoms with Crippen molar-refractivity contribution < 1.29 is 27.4 Å². The molecular weight excluding hydrogens is 453 g/mol. The van der Waals surface area contributed by atoms with Gasteiger partial charge in [-0.15, -0.1) is 0 Å². The molecule has 1 aliphatic carbocycles. The second-order valence-corrected chi connectivity index (χ2v) is 8.94. The predicted octanol–water partition coefficient (Wildman–Crippen LogP) is 8.07. The maximum Gasteiger partial charge on any atom is 0.346 e. The smallest absolute Gasteiger partial charge is 0.346 e. The highest BCUT2D eigenvalue weighted by molar-refractivity contribution is 5.91. The Morgan fingerprint density at radius 2 is 1.54 bits per heavy atom. The van der Waals surface area contributed by atoms with Crippen molar-refractivity contribution in [1.29, 1.82) is 0 Å². The fraction of sp³-hybridized carbons (Fsp3) is 0.345. The molecule has 0 N–H and O–H groups in total.